The molecule has 10 aromatic rings. The highest BCUT2D eigenvalue weighted by molar-refractivity contribution is 6.24. The highest BCUT2D eigenvalue weighted by Crippen LogP contribution is 2.52. The maximum absolute atomic E-state index is 5.14. The molecule has 0 N–H and O–H groups in total. The quantitative estimate of drug-likeness (QED) is 0.168. The largest absolute Gasteiger partial charge is 0.292 e. The summed E-state index contributed by atoms with van der Waals surface area (Å²) in [4.78, 5) is 5.14. The van der Waals surface area contributed by atoms with E-state index in [0.717, 1.165) is 28.1 Å². The molecule has 0 unspecified atom stereocenters. The van der Waals surface area contributed by atoms with Gasteiger partial charge in [-0.25, -0.2) is 4.98 Å². The van der Waals surface area contributed by atoms with Crippen LogP contribution in [0.3, 0.4) is 0 Å². The van der Waals surface area contributed by atoms with Crippen molar-refractivity contribution in [1.82, 2.24) is 9.55 Å². The van der Waals surface area contributed by atoms with E-state index in [1.54, 1.807) is 0 Å². The van der Waals surface area contributed by atoms with Crippen LogP contribution in [-0.4, -0.2) is 9.55 Å². The molecule has 0 fully saturated rings. The van der Waals surface area contributed by atoms with E-state index >= 15 is 0 Å². The molecular weight excluding hydrogens is 653 g/mol. The third-order valence-electron chi connectivity index (χ3n) is 11.8. The molecule has 0 atom stereocenters. The summed E-state index contributed by atoms with van der Waals surface area (Å²) < 4.78 is 2.27. The summed E-state index contributed by atoms with van der Waals surface area (Å²) in [7, 11) is 0. The number of rotatable bonds is 4. The predicted molar refractivity (Wildman–Crippen MR) is 227 cm³/mol. The summed E-state index contributed by atoms with van der Waals surface area (Å²) in [6.07, 6.45) is 0. The zero-order valence-electron chi connectivity index (χ0n) is 30.2. The Bertz CT molecular complexity index is 3050. The fourth-order valence-corrected chi connectivity index (χ4v) is 9.35. The van der Waals surface area contributed by atoms with Crippen LogP contribution in [-0.2, 0) is 5.41 Å². The van der Waals surface area contributed by atoms with E-state index in [1.807, 2.05) is 0 Å². The number of hydrogen-bond donors (Lipinski definition) is 0. The van der Waals surface area contributed by atoms with Gasteiger partial charge in [0.1, 0.15) is 5.82 Å². The molecule has 9 aromatic carbocycles. The van der Waals surface area contributed by atoms with Crippen molar-refractivity contribution in [3.8, 4) is 50.5 Å². The van der Waals surface area contributed by atoms with E-state index in [4.69, 9.17) is 4.98 Å². The molecule has 0 bridgehead atoms. The number of aromatic nitrogens is 2. The first-order valence-electron chi connectivity index (χ1n) is 18.8. The van der Waals surface area contributed by atoms with E-state index in [0.29, 0.717) is 0 Å². The monoisotopic (exact) mass is 688 g/mol. The van der Waals surface area contributed by atoms with E-state index in [-0.39, 0.29) is 5.41 Å². The Labute approximate surface area is 314 Å². The highest BCUT2D eigenvalue weighted by atomic mass is 15.1. The van der Waals surface area contributed by atoms with E-state index < -0.39 is 0 Å². The zero-order chi connectivity index (χ0) is 36.0. The predicted octanol–water partition coefficient (Wildman–Crippen LogP) is 13.8. The van der Waals surface area contributed by atoms with Gasteiger partial charge in [0.25, 0.3) is 0 Å². The average molecular weight is 689 g/mol. The van der Waals surface area contributed by atoms with Crippen LogP contribution in [0.4, 0.5) is 0 Å². The van der Waals surface area contributed by atoms with Gasteiger partial charge in [-0.2, -0.15) is 0 Å². The van der Waals surface area contributed by atoms with Crippen molar-refractivity contribution >= 4 is 43.4 Å². The normalized spacial score (nSPS) is 13.1. The van der Waals surface area contributed by atoms with Crippen molar-refractivity contribution in [2.75, 3.05) is 0 Å². The number of fused-ring (bicyclic) bond motifs is 5. The molecule has 0 radical (unpaired) electrons. The molecule has 0 amide bonds. The van der Waals surface area contributed by atoms with Gasteiger partial charge in [0, 0.05) is 16.7 Å². The van der Waals surface area contributed by atoms with Gasteiger partial charge in [-0.15, -0.1) is 0 Å². The molecule has 0 aliphatic heterocycles. The topological polar surface area (TPSA) is 17.8 Å². The van der Waals surface area contributed by atoms with Gasteiger partial charge in [-0.1, -0.05) is 172 Å². The van der Waals surface area contributed by atoms with Crippen LogP contribution < -0.4 is 0 Å². The Morgan fingerprint density at radius 2 is 0.963 bits per heavy atom. The second-order valence-electron chi connectivity index (χ2n) is 15.1. The molecule has 2 nitrogen and oxygen atoms in total. The van der Waals surface area contributed by atoms with Crippen molar-refractivity contribution < 1.29 is 0 Å². The van der Waals surface area contributed by atoms with Gasteiger partial charge in [-0.3, -0.25) is 4.57 Å². The van der Waals surface area contributed by atoms with Crippen molar-refractivity contribution in [2.45, 2.75) is 19.3 Å². The Hall–Kier alpha value is -6.77. The Morgan fingerprint density at radius 1 is 0.407 bits per heavy atom. The molecule has 54 heavy (non-hydrogen) atoms. The van der Waals surface area contributed by atoms with Gasteiger partial charge in [-0.05, 0) is 101 Å². The van der Waals surface area contributed by atoms with E-state index in [9.17, 15) is 0 Å². The molecule has 0 saturated carbocycles. The van der Waals surface area contributed by atoms with Gasteiger partial charge in [0.2, 0.25) is 0 Å². The standard InChI is InChI=1S/C52H36N2/c1-52(2)44-23-11-10-17-36(44)42-31-32-43(41-22-14-24-45(52)50(41)42)49-39-20-8-6-18-37(39)48(38-19-7-9-21-40(38)49)33-27-29-34(30-28-33)51-53-46-25-12-13-26-47(46)54(51)35-15-4-3-5-16-35/h3-32H,1-2H3. The lowest BCUT2D eigenvalue weighted by Gasteiger charge is -2.35. The van der Waals surface area contributed by atoms with Crippen molar-refractivity contribution in [3.63, 3.8) is 0 Å². The molecule has 1 aliphatic rings. The Balaban J connectivity index is 1.13. The lowest BCUT2D eigenvalue weighted by molar-refractivity contribution is 0.645. The van der Waals surface area contributed by atoms with Crippen LogP contribution >= 0.6 is 0 Å². The fraction of sp³-hybridized carbons (Fsp3) is 0.0577. The molecule has 2 heteroatoms. The summed E-state index contributed by atoms with van der Waals surface area (Å²) in [5, 5.41) is 7.70. The lowest BCUT2D eigenvalue weighted by atomic mass is 9.68. The van der Waals surface area contributed by atoms with E-state index in [2.05, 4.69) is 200 Å². The maximum Gasteiger partial charge on any atom is 0.145 e. The summed E-state index contributed by atoms with van der Waals surface area (Å²) in [6.45, 7) is 4.75. The summed E-state index contributed by atoms with van der Waals surface area (Å²) in [5.74, 6) is 0.938. The SMILES string of the molecule is CC1(C)c2ccccc2-c2ccc(-c3c4ccccc4c(-c4ccc(-c5nc6ccccc6n5-c5ccccc5)cc4)c4ccccc34)c3cccc1c23. The summed E-state index contributed by atoms with van der Waals surface area (Å²) in [6, 6.07) is 66.5. The molecule has 1 aliphatic carbocycles. The van der Waals surface area contributed by atoms with Gasteiger partial charge < -0.3 is 0 Å². The first-order chi connectivity index (χ1) is 26.6. The van der Waals surface area contributed by atoms with Crippen LogP contribution in [0.5, 0.6) is 0 Å². The Morgan fingerprint density at radius 3 is 1.70 bits per heavy atom. The van der Waals surface area contributed by atoms with E-state index in [1.165, 1.54) is 76.8 Å². The molecule has 254 valence electrons. The van der Waals surface area contributed by atoms with Crippen molar-refractivity contribution in [2.24, 2.45) is 0 Å². The van der Waals surface area contributed by atoms with Crippen LogP contribution in [0.2, 0.25) is 0 Å². The first kappa shape index (κ1) is 30.8. The van der Waals surface area contributed by atoms with Gasteiger partial charge in [0.05, 0.1) is 11.0 Å². The van der Waals surface area contributed by atoms with Crippen LogP contribution in [0.1, 0.15) is 25.0 Å². The van der Waals surface area contributed by atoms with Crippen LogP contribution in [0, 0.1) is 0 Å². The molecule has 11 rings (SSSR count). The lowest BCUT2D eigenvalue weighted by Crippen LogP contribution is -2.23. The number of para-hydroxylation sites is 3. The minimum absolute atomic E-state index is 0.104. The van der Waals surface area contributed by atoms with Crippen LogP contribution in [0.25, 0.3) is 93.8 Å². The third kappa shape index (κ3) is 4.37. The number of nitrogens with zero attached hydrogens (tertiary/aromatic N) is 2. The molecule has 1 aromatic heterocycles. The number of hydrogen-bond acceptors (Lipinski definition) is 1. The molecule has 0 saturated heterocycles. The maximum atomic E-state index is 5.14. The zero-order valence-corrected chi connectivity index (χ0v) is 30.2. The minimum Gasteiger partial charge on any atom is -0.292 e. The van der Waals surface area contributed by atoms with Crippen molar-refractivity contribution in [3.05, 3.63) is 193 Å². The highest BCUT2D eigenvalue weighted by Gasteiger charge is 2.34. The summed E-state index contributed by atoms with van der Waals surface area (Å²) in [5.41, 5.74) is 14.6. The smallest absolute Gasteiger partial charge is 0.145 e. The molecular formula is C52H36N2. The fourth-order valence-electron chi connectivity index (χ4n) is 9.35. The minimum atomic E-state index is -0.104. The average Bonchev–Trinajstić information content (AvgIpc) is 3.62. The Kier molecular flexibility index (Phi) is 6.63. The van der Waals surface area contributed by atoms with Crippen molar-refractivity contribution in [1.29, 1.82) is 0 Å². The van der Waals surface area contributed by atoms with Gasteiger partial charge in [0.15, 0.2) is 0 Å². The third-order valence-corrected chi connectivity index (χ3v) is 11.8. The van der Waals surface area contributed by atoms with Gasteiger partial charge >= 0.3 is 0 Å². The van der Waals surface area contributed by atoms with Crippen LogP contribution in [0.15, 0.2) is 182 Å². The molecule has 1 heterocycles. The molecule has 0 spiro atoms. The summed E-state index contributed by atoms with van der Waals surface area (Å²) >= 11 is 0. The first-order valence-corrected chi connectivity index (χ1v) is 18.8. The second-order valence-corrected chi connectivity index (χ2v) is 15.1. The number of imidazole rings is 1. The number of benzene rings is 9. The second kappa shape index (κ2) is 11.6.